The normalized spacial score (nSPS) is 23.6. The maximum absolute atomic E-state index is 11.9. The van der Waals surface area contributed by atoms with Crippen LogP contribution in [0.4, 0.5) is 0 Å². The van der Waals surface area contributed by atoms with E-state index in [0.29, 0.717) is 18.4 Å². The van der Waals surface area contributed by atoms with Crippen LogP contribution in [0.25, 0.3) is 0 Å². The second-order valence-electron chi connectivity index (χ2n) is 4.71. The monoisotopic (exact) mass is 252 g/mol. The average molecular weight is 252 g/mol. The van der Waals surface area contributed by atoms with Crippen LogP contribution in [-0.2, 0) is 4.79 Å². The molecule has 1 saturated carbocycles. The Balaban J connectivity index is 1.95. The number of nitrogens with zero attached hydrogens (tertiary/aromatic N) is 1. The Morgan fingerprint density at radius 3 is 2.89 bits per heavy atom. The van der Waals surface area contributed by atoms with Crippen molar-refractivity contribution in [3.05, 3.63) is 17.5 Å². The summed E-state index contributed by atoms with van der Waals surface area (Å²) in [6.45, 7) is 1.74. The van der Waals surface area contributed by atoms with E-state index in [4.69, 9.17) is 9.63 Å². The molecule has 0 radical (unpaired) electrons. The van der Waals surface area contributed by atoms with Crippen LogP contribution >= 0.6 is 0 Å². The first-order valence-corrected chi connectivity index (χ1v) is 6.03. The van der Waals surface area contributed by atoms with Crippen LogP contribution in [-0.4, -0.2) is 28.2 Å². The van der Waals surface area contributed by atoms with Crippen molar-refractivity contribution in [3.63, 3.8) is 0 Å². The van der Waals surface area contributed by atoms with E-state index in [1.807, 2.05) is 0 Å². The Hall–Kier alpha value is -1.85. The molecular formula is C12H16N2O4. The second kappa shape index (κ2) is 5.20. The molecule has 1 amide bonds. The Kier molecular flexibility index (Phi) is 3.64. The molecule has 1 aromatic rings. The van der Waals surface area contributed by atoms with Gasteiger partial charge < -0.3 is 14.9 Å². The molecule has 0 saturated heterocycles. The van der Waals surface area contributed by atoms with Gasteiger partial charge in [0, 0.05) is 11.6 Å². The predicted octanol–water partition coefficient (Wildman–Crippen LogP) is 1.36. The lowest BCUT2D eigenvalue weighted by Gasteiger charge is -2.26. The zero-order valence-electron chi connectivity index (χ0n) is 10.2. The Bertz CT molecular complexity index is 455. The van der Waals surface area contributed by atoms with Crippen LogP contribution in [0.2, 0.25) is 0 Å². The summed E-state index contributed by atoms with van der Waals surface area (Å²) >= 11 is 0. The first-order chi connectivity index (χ1) is 8.58. The number of hydrogen-bond acceptors (Lipinski definition) is 4. The number of aryl methyl sites for hydroxylation is 1. The number of amides is 1. The summed E-state index contributed by atoms with van der Waals surface area (Å²) in [6.07, 6.45) is 4.27. The summed E-state index contributed by atoms with van der Waals surface area (Å²) in [4.78, 5) is 22.8. The lowest BCUT2D eigenvalue weighted by molar-refractivity contribution is -0.143. The highest BCUT2D eigenvalue weighted by atomic mass is 16.5. The quantitative estimate of drug-likeness (QED) is 0.847. The van der Waals surface area contributed by atoms with Crippen LogP contribution in [0.5, 0.6) is 0 Å². The molecule has 1 aliphatic carbocycles. The number of nitrogens with one attached hydrogen (secondary N) is 1. The van der Waals surface area contributed by atoms with Crippen molar-refractivity contribution in [3.8, 4) is 0 Å². The third-order valence-electron chi connectivity index (χ3n) is 3.31. The van der Waals surface area contributed by atoms with Crippen molar-refractivity contribution in [2.45, 2.75) is 38.6 Å². The van der Waals surface area contributed by atoms with Gasteiger partial charge in [-0.05, 0) is 26.2 Å². The van der Waals surface area contributed by atoms with Crippen molar-refractivity contribution in [2.24, 2.45) is 5.92 Å². The molecule has 6 nitrogen and oxygen atoms in total. The number of carbonyl (C=O) groups excluding carboxylic acids is 1. The summed E-state index contributed by atoms with van der Waals surface area (Å²) in [7, 11) is 0. The number of carboxylic acid groups (broad SMARTS) is 1. The highest BCUT2D eigenvalue weighted by molar-refractivity contribution is 5.92. The molecule has 0 bridgehead atoms. The molecule has 18 heavy (non-hydrogen) atoms. The van der Waals surface area contributed by atoms with Gasteiger partial charge >= 0.3 is 5.97 Å². The van der Waals surface area contributed by atoms with Gasteiger partial charge in [0.2, 0.25) is 5.76 Å². The zero-order chi connectivity index (χ0) is 13.1. The average Bonchev–Trinajstić information content (AvgIpc) is 2.76. The number of carboxylic acids is 1. The summed E-state index contributed by atoms with van der Waals surface area (Å²) in [5.41, 5.74) is 0.679. The minimum atomic E-state index is -0.787. The fourth-order valence-corrected chi connectivity index (χ4v) is 2.31. The third-order valence-corrected chi connectivity index (χ3v) is 3.31. The number of carbonyl (C=O) groups is 2. The van der Waals surface area contributed by atoms with E-state index in [2.05, 4.69) is 10.5 Å². The molecule has 0 aromatic carbocycles. The van der Waals surface area contributed by atoms with Crippen molar-refractivity contribution >= 4 is 11.9 Å². The van der Waals surface area contributed by atoms with Crippen molar-refractivity contribution in [1.29, 1.82) is 0 Å². The summed E-state index contributed by atoms with van der Waals surface area (Å²) < 4.78 is 4.86. The molecule has 1 fully saturated rings. The number of hydrogen-bond donors (Lipinski definition) is 2. The van der Waals surface area contributed by atoms with Gasteiger partial charge in [0.15, 0.2) is 0 Å². The van der Waals surface area contributed by atoms with Gasteiger partial charge in [-0.1, -0.05) is 11.6 Å². The third kappa shape index (κ3) is 2.69. The molecule has 1 aliphatic rings. The standard InChI is InChI=1S/C12H16N2O4/c1-7-6-13-18-10(7)11(15)14-9-4-2-3-8(5-9)12(16)17/h6,8-9H,2-5H2,1H3,(H,14,15)(H,16,17). The molecule has 2 rings (SSSR count). The topological polar surface area (TPSA) is 92.4 Å². The molecule has 1 heterocycles. The highest BCUT2D eigenvalue weighted by Crippen LogP contribution is 2.24. The van der Waals surface area contributed by atoms with E-state index in [1.165, 1.54) is 6.20 Å². The van der Waals surface area contributed by atoms with Crippen molar-refractivity contribution in [2.75, 3.05) is 0 Å². The lowest BCUT2D eigenvalue weighted by atomic mass is 9.86. The molecule has 2 atom stereocenters. The molecule has 0 spiro atoms. The first-order valence-electron chi connectivity index (χ1n) is 6.03. The predicted molar refractivity (Wildman–Crippen MR) is 62.1 cm³/mol. The molecular weight excluding hydrogens is 236 g/mol. The van der Waals surface area contributed by atoms with Gasteiger partial charge in [-0.25, -0.2) is 0 Å². The summed E-state index contributed by atoms with van der Waals surface area (Å²) in [5, 5.41) is 15.3. The Morgan fingerprint density at radius 1 is 1.50 bits per heavy atom. The minimum absolute atomic E-state index is 0.100. The Morgan fingerprint density at radius 2 is 2.28 bits per heavy atom. The van der Waals surface area contributed by atoms with E-state index >= 15 is 0 Å². The fourth-order valence-electron chi connectivity index (χ4n) is 2.31. The van der Waals surface area contributed by atoms with Crippen LogP contribution < -0.4 is 5.32 Å². The van der Waals surface area contributed by atoms with Gasteiger partial charge in [0.1, 0.15) is 0 Å². The van der Waals surface area contributed by atoms with Gasteiger partial charge in [0.25, 0.3) is 5.91 Å². The van der Waals surface area contributed by atoms with E-state index in [0.717, 1.165) is 12.8 Å². The number of aromatic nitrogens is 1. The fraction of sp³-hybridized carbons (Fsp3) is 0.583. The van der Waals surface area contributed by atoms with Gasteiger partial charge in [-0.15, -0.1) is 0 Å². The first kappa shape index (κ1) is 12.6. The SMILES string of the molecule is Cc1cnoc1C(=O)NC1CCCC(C(=O)O)C1. The Labute approximate surface area is 104 Å². The number of aliphatic carboxylic acids is 1. The van der Waals surface area contributed by atoms with E-state index in [9.17, 15) is 9.59 Å². The minimum Gasteiger partial charge on any atom is -0.481 e. The zero-order valence-corrected chi connectivity index (χ0v) is 10.2. The van der Waals surface area contributed by atoms with Crippen LogP contribution in [0.15, 0.2) is 10.7 Å². The summed E-state index contributed by atoms with van der Waals surface area (Å²) in [6, 6.07) is -0.100. The van der Waals surface area contributed by atoms with Gasteiger partial charge in [-0.2, -0.15) is 0 Å². The van der Waals surface area contributed by atoms with Crippen LogP contribution in [0, 0.1) is 12.8 Å². The van der Waals surface area contributed by atoms with Crippen LogP contribution in [0.3, 0.4) is 0 Å². The van der Waals surface area contributed by atoms with E-state index in [-0.39, 0.29) is 23.6 Å². The molecule has 2 N–H and O–H groups in total. The molecule has 98 valence electrons. The van der Waals surface area contributed by atoms with Gasteiger partial charge in [-0.3, -0.25) is 9.59 Å². The largest absolute Gasteiger partial charge is 0.481 e. The lowest BCUT2D eigenvalue weighted by Crippen LogP contribution is -2.40. The molecule has 6 heteroatoms. The number of rotatable bonds is 3. The van der Waals surface area contributed by atoms with Crippen molar-refractivity contribution in [1.82, 2.24) is 10.5 Å². The highest BCUT2D eigenvalue weighted by Gasteiger charge is 2.28. The molecule has 0 aliphatic heterocycles. The van der Waals surface area contributed by atoms with E-state index < -0.39 is 5.97 Å². The molecule has 1 aromatic heterocycles. The maximum Gasteiger partial charge on any atom is 0.306 e. The van der Waals surface area contributed by atoms with E-state index in [1.54, 1.807) is 6.92 Å². The van der Waals surface area contributed by atoms with Crippen LogP contribution in [0.1, 0.15) is 41.8 Å². The maximum atomic E-state index is 11.9. The molecule has 2 unspecified atom stereocenters. The van der Waals surface area contributed by atoms with Gasteiger partial charge in [0.05, 0.1) is 12.1 Å². The smallest absolute Gasteiger partial charge is 0.306 e. The second-order valence-corrected chi connectivity index (χ2v) is 4.71. The van der Waals surface area contributed by atoms with Crippen molar-refractivity contribution < 1.29 is 19.2 Å². The summed E-state index contributed by atoms with van der Waals surface area (Å²) in [5.74, 6) is -1.27.